The van der Waals surface area contributed by atoms with Crippen LogP contribution in [0.5, 0.6) is 0 Å². The molecule has 1 unspecified atom stereocenters. The van der Waals surface area contributed by atoms with Gasteiger partial charge >= 0.3 is 10.4 Å². The highest BCUT2D eigenvalue weighted by molar-refractivity contribution is 7.79. The Bertz CT molecular complexity index is 692. The predicted molar refractivity (Wildman–Crippen MR) is 97.9 cm³/mol. The van der Waals surface area contributed by atoms with E-state index in [9.17, 15) is 0 Å². The molecule has 9 heteroatoms. The molecule has 0 radical (unpaired) electrons. The van der Waals surface area contributed by atoms with Gasteiger partial charge in [-0.05, 0) is 49.9 Å². The molecule has 0 spiro atoms. The lowest BCUT2D eigenvalue weighted by molar-refractivity contribution is 0.0405. The van der Waals surface area contributed by atoms with E-state index in [1.54, 1.807) is 7.11 Å². The molecular weight excluding hydrogens is 389 g/mol. The van der Waals surface area contributed by atoms with E-state index < -0.39 is 10.4 Å². The molecule has 25 heavy (non-hydrogen) atoms. The number of fused-ring (bicyclic) bond motifs is 2. The van der Waals surface area contributed by atoms with Crippen LogP contribution < -0.4 is 0 Å². The molecule has 1 aromatic carbocycles. The summed E-state index contributed by atoms with van der Waals surface area (Å²) in [5.74, 6) is 1.07. The number of halogens is 2. The molecule has 0 amide bonds. The normalized spacial score (nSPS) is 29.2. The van der Waals surface area contributed by atoms with Crippen LogP contribution in [0.1, 0.15) is 30.7 Å². The summed E-state index contributed by atoms with van der Waals surface area (Å²) < 4.78 is 37.1. The molecular formula is C16H23Cl2NO5S. The van der Waals surface area contributed by atoms with Crippen molar-refractivity contribution in [3.05, 3.63) is 33.8 Å². The lowest BCUT2D eigenvalue weighted by Gasteiger charge is -2.43. The van der Waals surface area contributed by atoms with E-state index in [0.29, 0.717) is 34.0 Å². The van der Waals surface area contributed by atoms with Crippen molar-refractivity contribution < 1.29 is 22.3 Å². The van der Waals surface area contributed by atoms with Crippen LogP contribution >= 0.6 is 23.2 Å². The fraction of sp³-hybridized carbons (Fsp3) is 0.625. The van der Waals surface area contributed by atoms with E-state index in [2.05, 4.69) is 18.0 Å². The van der Waals surface area contributed by atoms with Crippen molar-refractivity contribution in [3.63, 3.8) is 0 Å². The summed E-state index contributed by atoms with van der Waals surface area (Å²) in [4.78, 5) is 2.55. The third-order valence-corrected chi connectivity index (χ3v) is 5.90. The van der Waals surface area contributed by atoms with Crippen LogP contribution in [0.4, 0.5) is 0 Å². The minimum Gasteiger partial charge on any atom is -0.384 e. The summed E-state index contributed by atoms with van der Waals surface area (Å²) in [6.07, 6.45) is 3.78. The smallest absolute Gasteiger partial charge is 0.384 e. The maximum Gasteiger partial charge on any atom is 0.394 e. The average molecular weight is 412 g/mol. The maximum absolute atomic E-state index is 8.74. The summed E-state index contributed by atoms with van der Waals surface area (Å²) in [5.41, 5.74) is 1.31. The molecule has 2 N–H and O–H groups in total. The van der Waals surface area contributed by atoms with Crippen molar-refractivity contribution in [1.29, 1.82) is 0 Å². The molecule has 1 aromatic rings. The molecule has 0 aromatic heterocycles. The Labute approximate surface area is 158 Å². The topological polar surface area (TPSA) is 87.1 Å². The quantitative estimate of drug-likeness (QED) is 0.739. The lowest BCUT2D eigenvalue weighted by Crippen LogP contribution is -2.47. The van der Waals surface area contributed by atoms with Gasteiger partial charge in [-0.3, -0.25) is 9.11 Å². The van der Waals surface area contributed by atoms with E-state index in [0.717, 1.165) is 6.61 Å². The molecule has 2 fully saturated rings. The second-order valence-corrected chi connectivity index (χ2v) is 8.26. The highest BCUT2D eigenvalue weighted by Crippen LogP contribution is 2.46. The van der Waals surface area contributed by atoms with Gasteiger partial charge in [0.15, 0.2) is 0 Å². The van der Waals surface area contributed by atoms with Gasteiger partial charge in [0.05, 0.1) is 16.7 Å². The summed E-state index contributed by atoms with van der Waals surface area (Å²) in [5, 5.41) is 1.29. The SMILES string of the molecule is COC[C@@H]1[C@@H](c2ccc(Cl)c(Cl)c2)CC2CC[C@H]1N2C.O=S(=O)(O)O. The minimum absolute atomic E-state index is 0.526. The summed E-state index contributed by atoms with van der Waals surface area (Å²) in [7, 11) is -0.608. The van der Waals surface area contributed by atoms with Gasteiger partial charge in [-0.2, -0.15) is 8.42 Å². The molecule has 6 nitrogen and oxygen atoms in total. The van der Waals surface area contributed by atoms with Crippen LogP contribution in [0, 0.1) is 5.92 Å². The van der Waals surface area contributed by atoms with Crippen LogP contribution in [0.2, 0.25) is 10.0 Å². The van der Waals surface area contributed by atoms with Gasteiger partial charge in [-0.1, -0.05) is 29.3 Å². The average Bonchev–Trinajstić information content (AvgIpc) is 2.74. The zero-order valence-corrected chi connectivity index (χ0v) is 16.4. The number of ether oxygens (including phenoxy) is 1. The third kappa shape index (κ3) is 5.53. The molecule has 3 rings (SSSR count). The first-order chi connectivity index (χ1) is 11.6. The number of piperidine rings is 1. The fourth-order valence-corrected chi connectivity index (χ4v) is 4.43. The first kappa shape index (κ1) is 20.9. The molecule has 2 bridgehead atoms. The molecule has 4 atom stereocenters. The zero-order valence-electron chi connectivity index (χ0n) is 14.1. The summed E-state index contributed by atoms with van der Waals surface area (Å²) >= 11 is 12.2. The monoisotopic (exact) mass is 411 g/mol. The van der Waals surface area contributed by atoms with Gasteiger partial charge in [0.1, 0.15) is 0 Å². The number of benzene rings is 1. The second-order valence-electron chi connectivity index (χ2n) is 6.55. The van der Waals surface area contributed by atoms with Crippen LogP contribution in [-0.2, 0) is 15.1 Å². The van der Waals surface area contributed by atoms with E-state index >= 15 is 0 Å². The predicted octanol–water partition coefficient (Wildman–Crippen LogP) is 3.55. The van der Waals surface area contributed by atoms with Crippen LogP contribution in [0.3, 0.4) is 0 Å². The molecule has 0 aliphatic carbocycles. The van der Waals surface area contributed by atoms with Gasteiger partial charge in [0.2, 0.25) is 0 Å². The number of nitrogens with zero attached hydrogens (tertiary/aromatic N) is 1. The molecule has 0 saturated carbocycles. The van der Waals surface area contributed by atoms with Crippen molar-refractivity contribution in [3.8, 4) is 0 Å². The highest BCUT2D eigenvalue weighted by atomic mass is 35.5. The van der Waals surface area contributed by atoms with Gasteiger partial charge in [-0.15, -0.1) is 0 Å². The maximum atomic E-state index is 8.74. The van der Waals surface area contributed by atoms with Crippen LogP contribution in [-0.4, -0.2) is 55.3 Å². The second kappa shape index (κ2) is 8.52. The molecule has 2 aliphatic rings. The van der Waals surface area contributed by atoms with Gasteiger partial charge < -0.3 is 9.64 Å². The van der Waals surface area contributed by atoms with E-state index in [1.807, 2.05) is 12.1 Å². The number of hydrogen-bond donors (Lipinski definition) is 2. The van der Waals surface area contributed by atoms with Gasteiger partial charge in [0.25, 0.3) is 0 Å². The summed E-state index contributed by atoms with van der Waals surface area (Å²) in [6, 6.07) is 7.43. The van der Waals surface area contributed by atoms with Crippen LogP contribution in [0.15, 0.2) is 18.2 Å². The standard InChI is InChI=1S/C16H21Cl2NO.H2O4S/c1-19-11-4-6-16(19)13(9-20-2)12(8-11)10-3-5-14(17)15(18)7-10;1-5(2,3)4/h3,5,7,11-13,16H,4,6,8-9H2,1-2H3;(H2,1,2,3,4)/t11?,12-,13-,16-;/m1./s1. The van der Waals surface area contributed by atoms with E-state index in [-0.39, 0.29) is 0 Å². The third-order valence-electron chi connectivity index (χ3n) is 5.16. The molecule has 2 aliphatic heterocycles. The van der Waals surface area contributed by atoms with Crippen molar-refractivity contribution in [2.45, 2.75) is 37.3 Å². The van der Waals surface area contributed by atoms with Gasteiger partial charge in [-0.25, -0.2) is 0 Å². The first-order valence-electron chi connectivity index (χ1n) is 7.97. The molecule has 2 heterocycles. The Morgan fingerprint density at radius 3 is 2.44 bits per heavy atom. The number of hydrogen-bond acceptors (Lipinski definition) is 4. The van der Waals surface area contributed by atoms with Gasteiger partial charge in [0, 0.05) is 25.1 Å². The zero-order chi connectivity index (χ0) is 18.8. The van der Waals surface area contributed by atoms with Crippen molar-refractivity contribution in [2.24, 2.45) is 5.92 Å². The largest absolute Gasteiger partial charge is 0.394 e. The Morgan fingerprint density at radius 1 is 1.24 bits per heavy atom. The summed E-state index contributed by atoms with van der Waals surface area (Å²) in [6.45, 7) is 0.812. The Kier molecular flexibility index (Phi) is 7.12. The van der Waals surface area contributed by atoms with E-state index in [1.165, 1.54) is 24.8 Å². The minimum atomic E-state index is -4.67. The highest BCUT2D eigenvalue weighted by Gasteiger charge is 2.45. The van der Waals surface area contributed by atoms with E-state index in [4.69, 9.17) is 45.5 Å². The first-order valence-corrected chi connectivity index (χ1v) is 10.1. The Hall–Kier alpha value is -0.410. The molecule has 142 valence electrons. The van der Waals surface area contributed by atoms with Crippen LogP contribution in [0.25, 0.3) is 0 Å². The lowest BCUT2D eigenvalue weighted by atomic mass is 9.76. The van der Waals surface area contributed by atoms with Crippen molar-refractivity contribution in [2.75, 3.05) is 20.8 Å². The van der Waals surface area contributed by atoms with Crippen molar-refractivity contribution in [1.82, 2.24) is 4.90 Å². The fourth-order valence-electron chi connectivity index (χ4n) is 4.12. The number of methoxy groups -OCH3 is 1. The Balaban J connectivity index is 0.000000399. The molecule has 2 saturated heterocycles. The Morgan fingerprint density at radius 2 is 1.88 bits per heavy atom. The number of rotatable bonds is 3. The van der Waals surface area contributed by atoms with Crippen molar-refractivity contribution >= 4 is 33.6 Å².